The monoisotopic (exact) mass is 415 g/mol. The molecule has 3 heterocycles. The topological polar surface area (TPSA) is 107 Å². The lowest BCUT2D eigenvalue weighted by molar-refractivity contribution is -0.135. The van der Waals surface area contributed by atoms with E-state index in [1.807, 2.05) is 24.3 Å². The number of hydrogen-bond acceptors (Lipinski definition) is 7. The number of aromatic hydroxyl groups is 1. The van der Waals surface area contributed by atoms with Gasteiger partial charge in [0, 0.05) is 29.1 Å². The summed E-state index contributed by atoms with van der Waals surface area (Å²) < 4.78 is 11.0. The van der Waals surface area contributed by atoms with Gasteiger partial charge in [-0.1, -0.05) is 18.2 Å². The van der Waals surface area contributed by atoms with Crippen LogP contribution in [-0.4, -0.2) is 21.8 Å². The van der Waals surface area contributed by atoms with Crippen LogP contribution in [0, 0.1) is 6.92 Å². The summed E-state index contributed by atoms with van der Waals surface area (Å²) in [6.07, 6.45) is 1.63. The second kappa shape index (κ2) is 6.77. The first-order chi connectivity index (χ1) is 14.9. The third kappa shape index (κ3) is 2.81. The van der Waals surface area contributed by atoms with Gasteiger partial charge >= 0.3 is 11.6 Å². The third-order valence-corrected chi connectivity index (χ3v) is 5.69. The van der Waals surface area contributed by atoms with Crippen molar-refractivity contribution in [1.29, 1.82) is 0 Å². The highest BCUT2D eigenvalue weighted by molar-refractivity contribution is 6.09. The van der Waals surface area contributed by atoms with E-state index in [0.717, 1.165) is 16.5 Å². The van der Waals surface area contributed by atoms with Crippen molar-refractivity contribution in [2.45, 2.75) is 26.2 Å². The van der Waals surface area contributed by atoms with Crippen molar-refractivity contribution in [1.82, 2.24) is 4.98 Å². The molecule has 0 aliphatic carbocycles. The molecule has 1 atom stereocenters. The number of esters is 1. The van der Waals surface area contributed by atoms with E-state index in [-0.39, 0.29) is 34.5 Å². The molecule has 0 unspecified atom stereocenters. The summed E-state index contributed by atoms with van der Waals surface area (Å²) in [5.41, 5.74) is 1.80. The van der Waals surface area contributed by atoms with E-state index in [9.17, 15) is 19.5 Å². The Morgan fingerprint density at radius 1 is 1.19 bits per heavy atom. The summed E-state index contributed by atoms with van der Waals surface area (Å²) in [5, 5.41) is 12.0. The van der Waals surface area contributed by atoms with Gasteiger partial charge in [0.2, 0.25) is 0 Å². The van der Waals surface area contributed by atoms with Crippen molar-refractivity contribution in [2.75, 3.05) is 0 Å². The largest absolute Gasteiger partial charge is 0.506 e. The van der Waals surface area contributed by atoms with Gasteiger partial charge in [0.1, 0.15) is 16.9 Å². The summed E-state index contributed by atoms with van der Waals surface area (Å²) in [6, 6.07) is 10.6. The van der Waals surface area contributed by atoms with E-state index in [2.05, 4.69) is 4.98 Å². The summed E-state index contributed by atoms with van der Waals surface area (Å²) in [5.74, 6) is -2.00. The third-order valence-electron chi connectivity index (χ3n) is 5.69. The average Bonchev–Trinajstić information content (AvgIpc) is 2.71. The molecule has 1 N–H and O–H groups in total. The van der Waals surface area contributed by atoms with Gasteiger partial charge in [-0.2, -0.15) is 0 Å². The Bertz CT molecular complexity index is 1480. The number of ketones is 1. The number of phenols is 1. The number of rotatable bonds is 2. The number of para-hydroxylation sites is 1. The SMILES string of the molecule is CC(=O)c1c2c(c3oc(=O)cc(C)c3c1O)[C@H](c1ccnc3ccccc13)CC(=O)O2. The number of carbonyl (C=O) groups is 2. The Labute approximate surface area is 175 Å². The number of pyridine rings is 1. The second-order valence-electron chi connectivity index (χ2n) is 7.62. The summed E-state index contributed by atoms with van der Waals surface area (Å²) in [6.45, 7) is 2.94. The van der Waals surface area contributed by atoms with Crippen LogP contribution in [0.3, 0.4) is 0 Å². The number of benzene rings is 2. The number of Topliss-reactive ketones (excluding diaryl/α,β-unsaturated/α-hetero) is 1. The number of phenolic OH excluding ortho intramolecular Hbond substituents is 1. The molecule has 7 heteroatoms. The molecule has 4 aromatic rings. The van der Waals surface area contributed by atoms with Gasteiger partial charge in [-0.15, -0.1) is 0 Å². The number of fused-ring (bicyclic) bond motifs is 4. The van der Waals surface area contributed by atoms with Crippen LogP contribution in [0.15, 0.2) is 51.8 Å². The van der Waals surface area contributed by atoms with Gasteiger partial charge in [-0.05, 0) is 37.1 Å². The molecular weight excluding hydrogens is 398 g/mol. The van der Waals surface area contributed by atoms with Crippen LogP contribution < -0.4 is 10.4 Å². The normalized spacial score (nSPS) is 15.7. The predicted octanol–water partition coefficient (Wildman–Crippen LogP) is 4.00. The highest BCUT2D eigenvalue weighted by atomic mass is 16.5. The lowest BCUT2D eigenvalue weighted by Gasteiger charge is -2.28. The Morgan fingerprint density at radius 2 is 1.97 bits per heavy atom. The molecule has 0 spiro atoms. The van der Waals surface area contributed by atoms with Crippen molar-refractivity contribution in [3.63, 3.8) is 0 Å². The lowest BCUT2D eigenvalue weighted by atomic mass is 9.81. The number of aromatic nitrogens is 1. The fourth-order valence-electron chi connectivity index (χ4n) is 4.42. The van der Waals surface area contributed by atoms with E-state index in [4.69, 9.17) is 9.15 Å². The molecule has 0 bridgehead atoms. The maximum atomic E-state index is 12.6. The first-order valence-electron chi connectivity index (χ1n) is 9.75. The summed E-state index contributed by atoms with van der Waals surface area (Å²) in [7, 11) is 0. The zero-order valence-electron chi connectivity index (χ0n) is 16.8. The van der Waals surface area contributed by atoms with Gasteiger partial charge in [-0.3, -0.25) is 14.6 Å². The van der Waals surface area contributed by atoms with Gasteiger partial charge < -0.3 is 14.3 Å². The minimum absolute atomic E-state index is 0.0180. The van der Waals surface area contributed by atoms with Crippen molar-refractivity contribution in [3.05, 3.63) is 75.3 Å². The van der Waals surface area contributed by atoms with E-state index < -0.39 is 23.3 Å². The van der Waals surface area contributed by atoms with Crippen molar-refractivity contribution in [2.24, 2.45) is 0 Å². The Hall–Kier alpha value is -4.00. The van der Waals surface area contributed by atoms with Crippen molar-refractivity contribution < 1.29 is 23.8 Å². The van der Waals surface area contributed by atoms with Gasteiger partial charge in [-0.25, -0.2) is 4.79 Å². The molecule has 7 nitrogen and oxygen atoms in total. The molecule has 1 aliphatic heterocycles. The van der Waals surface area contributed by atoms with E-state index >= 15 is 0 Å². The van der Waals surface area contributed by atoms with Crippen molar-refractivity contribution >= 4 is 33.6 Å². The molecule has 1 aliphatic rings. The molecule has 0 saturated heterocycles. The first kappa shape index (κ1) is 19.0. The van der Waals surface area contributed by atoms with Gasteiger partial charge in [0.25, 0.3) is 0 Å². The standard InChI is InChI=1S/C24H17NO6/c1-11-9-17(27)30-23-19(11)22(29)20(12(2)26)24-21(23)15(10-18(28)31-24)13-7-8-25-16-6-4-3-5-14(13)16/h3-9,15,29H,10H2,1-2H3/t15-/m0/s1. The Balaban J connectivity index is 1.97. The summed E-state index contributed by atoms with van der Waals surface area (Å²) >= 11 is 0. The van der Waals surface area contributed by atoms with E-state index in [0.29, 0.717) is 11.1 Å². The second-order valence-corrected chi connectivity index (χ2v) is 7.62. The van der Waals surface area contributed by atoms with Crippen LogP contribution in [0.5, 0.6) is 11.5 Å². The fourth-order valence-corrected chi connectivity index (χ4v) is 4.42. The van der Waals surface area contributed by atoms with E-state index in [1.165, 1.54) is 13.0 Å². The quantitative estimate of drug-likeness (QED) is 0.228. The molecule has 0 saturated carbocycles. The fraction of sp³-hybridized carbons (Fsp3) is 0.167. The number of nitrogens with zero attached hydrogens (tertiary/aromatic N) is 1. The van der Waals surface area contributed by atoms with Crippen molar-refractivity contribution in [3.8, 4) is 11.5 Å². The highest BCUT2D eigenvalue weighted by Gasteiger charge is 2.37. The minimum atomic E-state index is -0.600. The zero-order valence-corrected chi connectivity index (χ0v) is 16.8. The van der Waals surface area contributed by atoms with Crippen LogP contribution >= 0.6 is 0 Å². The number of hydrogen-bond donors (Lipinski definition) is 1. The molecule has 0 fully saturated rings. The Morgan fingerprint density at radius 3 is 2.74 bits per heavy atom. The molecule has 31 heavy (non-hydrogen) atoms. The maximum absolute atomic E-state index is 12.6. The molecule has 0 amide bonds. The minimum Gasteiger partial charge on any atom is -0.506 e. The molecular formula is C24H17NO6. The number of carbonyl (C=O) groups excluding carboxylic acids is 2. The van der Waals surface area contributed by atoms with Gasteiger partial charge in [0.05, 0.1) is 17.3 Å². The average molecular weight is 415 g/mol. The Kier molecular flexibility index (Phi) is 4.15. The van der Waals surface area contributed by atoms with Crippen LogP contribution in [0.25, 0.3) is 21.9 Å². The number of ether oxygens (including phenoxy) is 1. The van der Waals surface area contributed by atoms with Crippen LogP contribution in [0.2, 0.25) is 0 Å². The molecule has 2 aromatic heterocycles. The lowest BCUT2D eigenvalue weighted by Crippen LogP contribution is -2.24. The van der Waals surface area contributed by atoms with Crippen LogP contribution in [0.4, 0.5) is 0 Å². The number of aryl methyl sites for hydroxylation is 1. The molecule has 0 radical (unpaired) electrons. The smallest absolute Gasteiger partial charge is 0.336 e. The van der Waals surface area contributed by atoms with Gasteiger partial charge in [0.15, 0.2) is 11.5 Å². The first-order valence-corrected chi connectivity index (χ1v) is 9.75. The van der Waals surface area contributed by atoms with Crippen LogP contribution in [-0.2, 0) is 4.79 Å². The maximum Gasteiger partial charge on any atom is 0.336 e. The van der Waals surface area contributed by atoms with E-state index in [1.54, 1.807) is 19.2 Å². The van der Waals surface area contributed by atoms with Crippen LogP contribution in [0.1, 0.15) is 46.3 Å². The molecule has 2 aromatic carbocycles. The molecule has 5 rings (SSSR count). The zero-order chi connectivity index (χ0) is 21.9. The highest BCUT2D eigenvalue weighted by Crippen LogP contribution is 2.50. The summed E-state index contributed by atoms with van der Waals surface area (Å²) in [4.78, 5) is 41.6. The molecule has 154 valence electrons. The predicted molar refractivity (Wildman–Crippen MR) is 113 cm³/mol.